The molecule has 4 rings (SSSR count). The number of nitrogens with one attached hydrogen (secondary N) is 1. The molecule has 0 saturated carbocycles. The van der Waals surface area contributed by atoms with Crippen molar-refractivity contribution >= 4 is 28.4 Å². The minimum atomic E-state index is -0.257. The van der Waals surface area contributed by atoms with Crippen LogP contribution in [-0.4, -0.2) is 37.1 Å². The Morgan fingerprint density at radius 3 is 2.77 bits per heavy atom. The van der Waals surface area contributed by atoms with E-state index in [4.69, 9.17) is 11.6 Å². The smallest absolute Gasteiger partial charge is 0.258 e. The van der Waals surface area contributed by atoms with Crippen LogP contribution in [0, 0.1) is 0 Å². The van der Waals surface area contributed by atoms with Gasteiger partial charge in [-0.1, -0.05) is 36.7 Å². The Bertz CT molecular complexity index is 1250. The second-order valence-corrected chi connectivity index (χ2v) is 7.35. The number of halogens is 1. The largest absolute Gasteiger partial charge is 0.331 e. The van der Waals surface area contributed by atoms with E-state index < -0.39 is 0 Å². The molecular weight excluding hydrogens is 402 g/mol. The third kappa shape index (κ3) is 4.11. The number of carbonyl (C=O) groups is 1. The number of para-hydroxylation sites is 1. The minimum Gasteiger partial charge on any atom is -0.331 e. The summed E-state index contributed by atoms with van der Waals surface area (Å²) in [6, 6.07) is 14.5. The highest BCUT2D eigenvalue weighted by Gasteiger charge is 2.19. The van der Waals surface area contributed by atoms with Gasteiger partial charge in [0.25, 0.3) is 11.5 Å². The van der Waals surface area contributed by atoms with E-state index in [1.807, 2.05) is 37.3 Å². The van der Waals surface area contributed by atoms with E-state index in [1.165, 1.54) is 0 Å². The molecule has 0 radical (unpaired) electrons. The molecule has 8 heteroatoms. The summed E-state index contributed by atoms with van der Waals surface area (Å²) in [5.74, 6) is 0.236. The lowest BCUT2D eigenvalue weighted by Gasteiger charge is -2.21. The average molecular weight is 422 g/mol. The van der Waals surface area contributed by atoms with Crippen LogP contribution in [0.3, 0.4) is 0 Å². The third-order valence-electron chi connectivity index (χ3n) is 4.69. The first kappa shape index (κ1) is 19.8. The predicted octanol–water partition coefficient (Wildman–Crippen LogP) is 3.81. The van der Waals surface area contributed by atoms with Crippen molar-refractivity contribution in [3.8, 4) is 5.69 Å². The maximum absolute atomic E-state index is 13.1. The van der Waals surface area contributed by atoms with E-state index in [0.29, 0.717) is 33.9 Å². The van der Waals surface area contributed by atoms with Crippen LogP contribution in [0.4, 0.5) is 0 Å². The van der Waals surface area contributed by atoms with Crippen LogP contribution >= 0.6 is 11.6 Å². The molecule has 0 aliphatic carbocycles. The number of aromatic amines is 1. The van der Waals surface area contributed by atoms with Gasteiger partial charge >= 0.3 is 0 Å². The number of nitrogens with zero attached hydrogens (tertiary/aromatic N) is 4. The van der Waals surface area contributed by atoms with Crippen molar-refractivity contribution in [2.45, 2.75) is 19.9 Å². The van der Waals surface area contributed by atoms with Gasteiger partial charge in [0.1, 0.15) is 5.82 Å². The topological polar surface area (TPSA) is 83.9 Å². The van der Waals surface area contributed by atoms with Gasteiger partial charge < -0.3 is 9.88 Å². The molecule has 2 aromatic heterocycles. The summed E-state index contributed by atoms with van der Waals surface area (Å²) in [6.07, 6.45) is 4.02. The molecule has 0 saturated heterocycles. The highest BCUT2D eigenvalue weighted by molar-refractivity contribution is 6.31. The first-order valence-electron chi connectivity index (χ1n) is 9.63. The van der Waals surface area contributed by atoms with Crippen LogP contribution in [0.5, 0.6) is 0 Å². The molecule has 1 N–H and O–H groups in total. The summed E-state index contributed by atoms with van der Waals surface area (Å²) in [5, 5.41) is 5.26. The molecule has 152 valence electrons. The van der Waals surface area contributed by atoms with Crippen molar-refractivity contribution in [2.24, 2.45) is 0 Å². The van der Waals surface area contributed by atoms with Gasteiger partial charge in [-0.2, -0.15) is 5.10 Å². The van der Waals surface area contributed by atoms with Crippen LogP contribution in [-0.2, 0) is 6.54 Å². The molecule has 2 heterocycles. The van der Waals surface area contributed by atoms with Gasteiger partial charge in [-0.25, -0.2) is 9.67 Å². The molecule has 0 atom stereocenters. The predicted molar refractivity (Wildman–Crippen MR) is 116 cm³/mol. The number of rotatable bonds is 6. The van der Waals surface area contributed by atoms with E-state index in [9.17, 15) is 9.59 Å². The first-order valence-corrected chi connectivity index (χ1v) is 10.0. The third-order valence-corrected chi connectivity index (χ3v) is 4.92. The molecule has 7 nitrogen and oxygen atoms in total. The highest BCUT2D eigenvalue weighted by atomic mass is 35.5. The lowest BCUT2D eigenvalue weighted by atomic mass is 10.2. The fourth-order valence-corrected chi connectivity index (χ4v) is 3.44. The van der Waals surface area contributed by atoms with Crippen LogP contribution < -0.4 is 5.56 Å². The monoisotopic (exact) mass is 421 g/mol. The zero-order chi connectivity index (χ0) is 21.1. The van der Waals surface area contributed by atoms with Gasteiger partial charge in [-0.15, -0.1) is 0 Å². The average Bonchev–Trinajstić information content (AvgIpc) is 3.23. The van der Waals surface area contributed by atoms with E-state index in [2.05, 4.69) is 15.1 Å². The Hall–Kier alpha value is -3.45. The number of fused-ring (bicyclic) bond motifs is 1. The van der Waals surface area contributed by atoms with Crippen LogP contribution in [0.15, 0.2) is 65.7 Å². The van der Waals surface area contributed by atoms with Gasteiger partial charge in [0.2, 0.25) is 0 Å². The highest BCUT2D eigenvalue weighted by Crippen LogP contribution is 2.16. The van der Waals surface area contributed by atoms with Gasteiger partial charge in [0, 0.05) is 17.8 Å². The van der Waals surface area contributed by atoms with Crippen LogP contribution in [0.2, 0.25) is 5.02 Å². The number of benzene rings is 2. The summed E-state index contributed by atoms with van der Waals surface area (Å²) in [5.41, 5.74) is 1.59. The molecule has 2 aromatic carbocycles. The number of aromatic nitrogens is 4. The zero-order valence-corrected chi connectivity index (χ0v) is 17.1. The van der Waals surface area contributed by atoms with Gasteiger partial charge in [-0.3, -0.25) is 9.59 Å². The number of carbonyl (C=O) groups excluding carboxylic acids is 1. The van der Waals surface area contributed by atoms with Gasteiger partial charge in [-0.05, 0) is 36.8 Å². The van der Waals surface area contributed by atoms with Crippen molar-refractivity contribution in [1.29, 1.82) is 0 Å². The summed E-state index contributed by atoms with van der Waals surface area (Å²) < 4.78 is 1.66. The van der Waals surface area contributed by atoms with Gasteiger partial charge in [0.15, 0.2) is 0 Å². The Balaban J connectivity index is 1.61. The fourth-order valence-electron chi connectivity index (χ4n) is 3.28. The Labute approximate surface area is 177 Å². The summed E-state index contributed by atoms with van der Waals surface area (Å²) in [6.45, 7) is 2.69. The molecule has 30 heavy (non-hydrogen) atoms. The summed E-state index contributed by atoms with van der Waals surface area (Å²) in [7, 11) is 0. The molecular formula is C22H20ClN5O2. The molecule has 0 bridgehead atoms. The maximum Gasteiger partial charge on any atom is 0.258 e. The summed E-state index contributed by atoms with van der Waals surface area (Å²) >= 11 is 6.04. The lowest BCUT2D eigenvalue weighted by Crippen LogP contribution is -2.32. The molecule has 1 amide bonds. The van der Waals surface area contributed by atoms with Crippen molar-refractivity contribution < 1.29 is 4.79 Å². The van der Waals surface area contributed by atoms with Crippen LogP contribution in [0.25, 0.3) is 16.6 Å². The van der Waals surface area contributed by atoms with E-state index in [1.54, 1.807) is 40.2 Å². The maximum atomic E-state index is 13.1. The van der Waals surface area contributed by atoms with E-state index in [0.717, 1.165) is 12.1 Å². The standard InChI is InChI=1S/C22H20ClN5O2/c1-2-10-27(14-20-25-19-11-16(23)8-9-18(19)21(29)26-20)22(30)15-12-24-28(13-15)17-6-4-3-5-7-17/h3-9,11-13H,2,10,14H2,1H3,(H,25,26,29). The Morgan fingerprint density at radius 2 is 2.00 bits per heavy atom. The quantitative estimate of drug-likeness (QED) is 0.513. The normalized spacial score (nSPS) is 11.0. The zero-order valence-electron chi connectivity index (χ0n) is 16.4. The lowest BCUT2D eigenvalue weighted by molar-refractivity contribution is 0.0739. The Kier molecular flexibility index (Phi) is 5.63. The molecule has 0 spiro atoms. The Morgan fingerprint density at radius 1 is 1.20 bits per heavy atom. The SMILES string of the molecule is CCCN(Cc1nc2cc(Cl)ccc2c(=O)[nH]1)C(=O)c1cnn(-c2ccccc2)c1. The van der Waals surface area contributed by atoms with Crippen LogP contribution in [0.1, 0.15) is 29.5 Å². The summed E-state index contributed by atoms with van der Waals surface area (Å²) in [4.78, 5) is 34.4. The fraction of sp³-hybridized carbons (Fsp3) is 0.182. The van der Waals surface area contributed by atoms with Crippen molar-refractivity contribution in [2.75, 3.05) is 6.54 Å². The second kappa shape index (κ2) is 8.51. The molecule has 0 unspecified atom stereocenters. The van der Waals surface area contributed by atoms with E-state index in [-0.39, 0.29) is 18.0 Å². The molecule has 0 aliphatic heterocycles. The number of H-pyrrole nitrogens is 1. The molecule has 0 fully saturated rings. The number of hydrogen-bond donors (Lipinski definition) is 1. The second-order valence-electron chi connectivity index (χ2n) is 6.91. The number of hydrogen-bond acceptors (Lipinski definition) is 4. The molecule has 4 aromatic rings. The van der Waals surface area contributed by atoms with Crippen molar-refractivity contribution in [1.82, 2.24) is 24.6 Å². The van der Waals surface area contributed by atoms with Crippen molar-refractivity contribution in [3.63, 3.8) is 0 Å². The van der Waals surface area contributed by atoms with Crippen molar-refractivity contribution in [3.05, 3.63) is 87.7 Å². The van der Waals surface area contributed by atoms with E-state index >= 15 is 0 Å². The number of amides is 1. The van der Waals surface area contributed by atoms with Gasteiger partial charge in [0.05, 0.1) is 34.9 Å². The first-order chi connectivity index (χ1) is 14.5. The molecule has 0 aliphatic rings. The minimum absolute atomic E-state index is 0.173.